The maximum Gasteiger partial charge on any atom is 0.309 e. The second-order valence-electron chi connectivity index (χ2n) is 8.31. The second kappa shape index (κ2) is 11.4. The number of hydrogen-bond donors (Lipinski definition) is 1. The Balaban J connectivity index is 1.44. The fraction of sp³-hybridized carbons (Fsp3) is 0.458. The molecule has 184 valence electrons. The zero-order valence-corrected chi connectivity index (χ0v) is 20.3. The molecule has 1 aliphatic rings. The summed E-state index contributed by atoms with van der Waals surface area (Å²) in [6.45, 7) is 2.81. The Kier molecular flexibility index (Phi) is 8.62. The number of amides is 2. The lowest BCUT2D eigenvalue weighted by Crippen LogP contribution is -2.46. The van der Waals surface area contributed by atoms with Crippen molar-refractivity contribution in [2.24, 2.45) is 5.92 Å². The molecule has 1 saturated heterocycles. The van der Waals surface area contributed by atoms with E-state index in [1.807, 2.05) is 24.3 Å². The molecule has 2 aromatic rings. The highest BCUT2D eigenvalue weighted by Crippen LogP contribution is 2.20. The van der Waals surface area contributed by atoms with Crippen molar-refractivity contribution < 1.29 is 27.5 Å². The van der Waals surface area contributed by atoms with E-state index in [1.54, 1.807) is 24.0 Å². The number of ether oxygens (including phenoxy) is 1. The minimum absolute atomic E-state index is 0.0679. The normalized spacial score (nSPS) is 14.7. The van der Waals surface area contributed by atoms with Crippen molar-refractivity contribution >= 4 is 38.6 Å². The lowest BCUT2D eigenvalue weighted by atomic mass is 9.97. The van der Waals surface area contributed by atoms with Crippen LogP contribution in [0.4, 0.5) is 0 Å². The van der Waals surface area contributed by atoms with Gasteiger partial charge in [0.05, 0.1) is 24.0 Å². The van der Waals surface area contributed by atoms with Gasteiger partial charge in [0.2, 0.25) is 21.8 Å². The monoisotopic (exact) mass is 489 g/mol. The van der Waals surface area contributed by atoms with Crippen molar-refractivity contribution in [1.29, 1.82) is 0 Å². The number of nitrogens with one attached hydrogen (secondary N) is 1. The predicted octanol–water partition coefficient (Wildman–Crippen LogP) is 1.77. The highest BCUT2D eigenvalue weighted by atomic mass is 32.2. The Morgan fingerprint density at radius 3 is 2.44 bits per heavy atom. The van der Waals surface area contributed by atoms with Crippen LogP contribution in [-0.2, 0) is 29.1 Å². The highest BCUT2D eigenvalue weighted by Gasteiger charge is 2.29. The molecule has 10 heteroatoms. The van der Waals surface area contributed by atoms with Gasteiger partial charge in [0.25, 0.3) is 0 Å². The largest absolute Gasteiger partial charge is 0.466 e. The summed E-state index contributed by atoms with van der Waals surface area (Å²) < 4.78 is 32.7. The van der Waals surface area contributed by atoms with Crippen LogP contribution in [0, 0.1) is 5.92 Å². The van der Waals surface area contributed by atoms with E-state index >= 15 is 0 Å². The van der Waals surface area contributed by atoms with E-state index in [1.165, 1.54) is 18.0 Å². The fourth-order valence-electron chi connectivity index (χ4n) is 3.92. The number of piperidine rings is 1. The molecular formula is C24H31N3O6S. The molecule has 34 heavy (non-hydrogen) atoms. The summed E-state index contributed by atoms with van der Waals surface area (Å²) in [6.07, 6.45) is 1.01. The van der Waals surface area contributed by atoms with E-state index in [4.69, 9.17) is 4.74 Å². The molecule has 0 saturated carbocycles. The SMILES string of the molecule is CCOC(=O)C1CCN(C(=O)CN(C)C(=O)CCNS(=O)(=O)c2ccc3ccccc3c2)CC1. The zero-order valence-electron chi connectivity index (χ0n) is 19.5. The molecule has 0 bridgehead atoms. The molecule has 1 fully saturated rings. The minimum atomic E-state index is -3.76. The van der Waals surface area contributed by atoms with Gasteiger partial charge in [-0.1, -0.05) is 30.3 Å². The summed E-state index contributed by atoms with van der Waals surface area (Å²) in [6, 6.07) is 12.3. The van der Waals surface area contributed by atoms with E-state index in [2.05, 4.69) is 4.72 Å². The zero-order chi connectivity index (χ0) is 24.7. The Labute approximate surface area is 200 Å². The number of nitrogens with zero attached hydrogens (tertiary/aromatic N) is 2. The van der Waals surface area contributed by atoms with Crippen LogP contribution in [-0.4, -0.2) is 75.8 Å². The van der Waals surface area contributed by atoms with Crippen LogP contribution >= 0.6 is 0 Å². The van der Waals surface area contributed by atoms with Gasteiger partial charge < -0.3 is 14.5 Å². The molecule has 0 spiro atoms. The van der Waals surface area contributed by atoms with Crippen LogP contribution in [0.5, 0.6) is 0 Å². The minimum Gasteiger partial charge on any atom is -0.466 e. The maximum absolute atomic E-state index is 12.6. The van der Waals surface area contributed by atoms with E-state index in [0.717, 1.165) is 10.8 Å². The Bertz CT molecular complexity index is 1140. The standard InChI is InChI=1S/C24H31N3O6S/c1-3-33-24(30)19-11-14-27(15-12-19)23(29)17-26(2)22(28)10-13-25-34(31,32)21-9-8-18-6-4-5-7-20(18)16-21/h4-9,16,19,25H,3,10-15,17H2,1-2H3. The number of fused-ring (bicyclic) bond motifs is 1. The number of rotatable bonds is 9. The molecule has 0 unspecified atom stereocenters. The topological polar surface area (TPSA) is 113 Å². The molecule has 3 rings (SSSR count). The van der Waals surface area contributed by atoms with Gasteiger partial charge in [0.1, 0.15) is 0 Å². The smallest absolute Gasteiger partial charge is 0.309 e. The Hall–Kier alpha value is -2.98. The van der Waals surface area contributed by atoms with Gasteiger partial charge in [-0.3, -0.25) is 14.4 Å². The third-order valence-electron chi connectivity index (χ3n) is 5.93. The summed E-state index contributed by atoms with van der Waals surface area (Å²) in [5.41, 5.74) is 0. The lowest BCUT2D eigenvalue weighted by Gasteiger charge is -2.32. The lowest BCUT2D eigenvalue weighted by molar-refractivity contribution is -0.151. The number of likely N-dealkylation sites (tertiary alicyclic amines) is 1. The first kappa shape index (κ1) is 25.6. The van der Waals surface area contributed by atoms with Crippen molar-refractivity contribution in [3.05, 3.63) is 42.5 Å². The van der Waals surface area contributed by atoms with Gasteiger partial charge in [-0.2, -0.15) is 0 Å². The molecule has 0 atom stereocenters. The molecule has 9 nitrogen and oxygen atoms in total. The van der Waals surface area contributed by atoms with E-state index in [0.29, 0.717) is 32.5 Å². The van der Waals surface area contributed by atoms with Gasteiger partial charge in [0, 0.05) is 33.1 Å². The molecule has 0 radical (unpaired) electrons. The molecule has 0 aromatic heterocycles. The van der Waals surface area contributed by atoms with Gasteiger partial charge in [-0.25, -0.2) is 13.1 Å². The first-order valence-electron chi connectivity index (χ1n) is 11.4. The van der Waals surface area contributed by atoms with Crippen molar-refractivity contribution in [1.82, 2.24) is 14.5 Å². The van der Waals surface area contributed by atoms with Crippen molar-refractivity contribution in [3.8, 4) is 0 Å². The van der Waals surface area contributed by atoms with Crippen LogP contribution in [0.3, 0.4) is 0 Å². The molecular weight excluding hydrogens is 458 g/mol. The van der Waals surface area contributed by atoms with Gasteiger partial charge >= 0.3 is 5.97 Å². The average molecular weight is 490 g/mol. The summed E-state index contributed by atoms with van der Waals surface area (Å²) in [5, 5.41) is 1.75. The molecule has 1 N–H and O–H groups in total. The van der Waals surface area contributed by atoms with Crippen molar-refractivity contribution in [3.63, 3.8) is 0 Å². The predicted molar refractivity (Wildman–Crippen MR) is 127 cm³/mol. The quantitative estimate of drug-likeness (QED) is 0.537. The van der Waals surface area contributed by atoms with Crippen LogP contribution < -0.4 is 4.72 Å². The Morgan fingerprint density at radius 2 is 1.76 bits per heavy atom. The number of sulfonamides is 1. The van der Waals surface area contributed by atoms with Crippen LogP contribution in [0.25, 0.3) is 10.8 Å². The van der Waals surface area contributed by atoms with Crippen molar-refractivity contribution in [2.45, 2.75) is 31.1 Å². The van der Waals surface area contributed by atoms with Gasteiger partial charge in [-0.05, 0) is 42.7 Å². The van der Waals surface area contributed by atoms with Crippen LogP contribution in [0.15, 0.2) is 47.4 Å². The summed E-state index contributed by atoms with van der Waals surface area (Å²) in [5.74, 6) is -0.960. The number of carbonyl (C=O) groups is 3. The summed E-state index contributed by atoms with van der Waals surface area (Å²) in [4.78, 5) is 39.9. The molecule has 1 aliphatic heterocycles. The molecule has 2 aromatic carbocycles. The number of hydrogen-bond acceptors (Lipinski definition) is 6. The van der Waals surface area contributed by atoms with Crippen LogP contribution in [0.1, 0.15) is 26.2 Å². The molecule has 1 heterocycles. The fourth-order valence-corrected chi connectivity index (χ4v) is 4.98. The third kappa shape index (κ3) is 6.54. The first-order valence-corrected chi connectivity index (χ1v) is 12.9. The van der Waals surface area contributed by atoms with Crippen LogP contribution in [0.2, 0.25) is 0 Å². The third-order valence-corrected chi connectivity index (χ3v) is 7.39. The van der Waals surface area contributed by atoms with E-state index < -0.39 is 10.0 Å². The number of esters is 1. The summed E-state index contributed by atoms with van der Waals surface area (Å²) >= 11 is 0. The Morgan fingerprint density at radius 1 is 1.09 bits per heavy atom. The summed E-state index contributed by atoms with van der Waals surface area (Å²) in [7, 11) is -2.25. The van der Waals surface area contributed by atoms with Crippen molar-refractivity contribution in [2.75, 3.05) is 39.8 Å². The van der Waals surface area contributed by atoms with Gasteiger partial charge in [-0.15, -0.1) is 0 Å². The number of likely N-dealkylation sites (N-methyl/N-ethyl adjacent to an activating group) is 1. The maximum atomic E-state index is 12.6. The second-order valence-corrected chi connectivity index (χ2v) is 10.1. The number of carbonyl (C=O) groups excluding carboxylic acids is 3. The number of benzene rings is 2. The van der Waals surface area contributed by atoms with E-state index in [-0.39, 0.29) is 48.1 Å². The molecule has 2 amide bonds. The van der Waals surface area contributed by atoms with Gasteiger partial charge in [0.15, 0.2) is 0 Å². The average Bonchev–Trinajstić information content (AvgIpc) is 2.83. The molecule has 0 aliphatic carbocycles. The highest BCUT2D eigenvalue weighted by molar-refractivity contribution is 7.89. The first-order chi connectivity index (χ1) is 16.2. The van der Waals surface area contributed by atoms with E-state index in [9.17, 15) is 22.8 Å².